The Kier molecular flexibility index (Phi) is 7.57. The molecule has 3 heterocycles. The molecule has 1 aromatic rings. The van der Waals surface area contributed by atoms with Gasteiger partial charge in [0.15, 0.2) is 0 Å². The minimum absolute atomic E-state index is 0.178. The molecule has 3 fully saturated rings. The van der Waals surface area contributed by atoms with Crippen molar-refractivity contribution >= 4 is 17.7 Å². The number of rotatable bonds is 11. The van der Waals surface area contributed by atoms with Gasteiger partial charge in [-0.3, -0.25) is 14.4 Å². The third-order valence-electron chi connectivity index (χ3n) is 7.59. The Bertz CT molecular complexity index is 894. The van der Waals surface area contributed by atoms with Gasteiger partial charge in [-0.1, -0.05) is 50.6 Å². The molecule has 2 unspecified atom stereocenters. The van der Waals surface area contributed by atoms with E-state index in [4.69, 9.17) is 4.74 Å². The maximum atomic E-state index is 14.0. The van der Waals surface area contributed by atoms with Crippen molar-refractivity contribution in [3.05, 3.63) is 35.9 Å². The van der Waals surface area contributed by atoms with E-state index >= 15 is 0 Å². The molecule has 3 aliphatic rings. The Labute approximate surface area is 201 Å². The lowest BCUT2D eigenvalue weighted by atomic mass is 9.70. The van der Waals surface area contributed by atoms with Gasteiger partial charge in [0.1, 0.15) is 11.6 Å². The summed E-state index contributed by atoms with van der Waals surface area (Å²) in [6, 6.07) is 8.19. The fourth-order valence-corrected chi connectivity index (χ4v) is 6.07. The number of fused-ring (bicyclic) bond motifs is 1. The molecule has 3 saturated heterocycles. The summed E-state index contributed by atoms with van der Waals surface area (Å²) in [5.74, 6) is -2.02. The molecule has 0 aromatic heterocycles. The van der Waals surface area contributed by atoms with E-state index in [1.807, 2.05) is 37.3 Å². The molecule has 186 valence electrons. The zero-order valence-corrected chi connectivity index (χ0v) is 20.2. The second-order valence-electron chi connectivity index (χ2n) is 9.76. The van der Waals surface area contributed by atoms with Gasteiger partial charge in [0, 0.05) is 13.1 Å². The van der Waals surface area contributed by atoms with E-state index in [0.717, 1.165) is 24.8 Å². The van der Waals surface area contributed by atoms with Crippen molar-refractivity contribution in [3.8, 4) is 0 Å². The summed E-state index contributed by atoms with van der Waals surface area (Å²) < 4.78 is 6.42. The lowest BCUT2D eigenvalue weighted by Crippen LogP contribution is -2.58. The first kappa shape index (κ1) is 24.7. The van der Waals surface area contributed by atoms with Crippen molar-refractivity contribution in [2.24, 2.45) is 11.8 Å². The van der Waals surface area contributed by atoms with Crippen molar-refractivity contribution in [2.75, 3.05) is 19.7 Å². The molecule has 0 aliphatic carbocycles. The van der Waals surface area contributed by atoms with E-state index < -0.39 is 29.5 Å². The number of nitrogens with one attached hydrogen (secondary N) is 2. The van der Waals surface area contributed by atoms with Crippen LogP contribution in [-0.4, -0.2) is 71.2 Å². The van der Waals surface area contributed by atoms with Crippen molar-refractivity contribution < 1.29 is 24.2 Å². The third-order valence-corrected chi connectivity index (χ3v) is 7.59. The molecule has 34 heavy (non-hydrogen) atoms. The minimum Gasteiger partial charge on any atom is -0.394 e. The molecule has 8 heteroatoms. The number of benzene rings is 1. The van der Waals surface area contributed by atoms with Crippen molar-refractivity contribution in [2.45, 2.75) is 76.2 Å². The van der Waals surface area contributed by atoms with Gasteiger partial charge in [-0.05, 0) is 37.7 Å². The van der Waals surface area contributed by atoms with E-state index in [1.165, 1.54) is 0 Å². The number of nitrogens with zero attached hydrogens (tertiary/aromatic N) is 1. The second kappa shape index (κ2) is 10.4. The van der Waals surface area contributed by atoms with Gasteiger partial charge in [-0.25, -0.2) is 0 Å². The number of hydrogen-bond acceptors (Lipinski definition) is 5. The Morgan fingerprint density at radius 3 is 2.56 bits per heavy atom. The topological polar surface area (TPSA) is 108 Å². The molecule has 3 N–H and O–H groups in total. The van der Waals surface area contributed by atoms with E-state index in [0.29, 0.717) is 32.4 Å². The van der Waals surface area contributed by atoms with Gasteiger partial charge in [0.25, 0.3) is 0 Å². The van der Waals surface area contributed by atoms with E-state index in [9.17, 15) is 19.5 Å². The molecule has 6 atom stereocenters. The average Bonchev–Trinajstić information content (AvgIpc) is 3.49. The van der Waals surface area contributed by atoms with Crippen molar-refractivity contribution in [1.82, 2.24) is 15.5 Å². The van der Waals surface area contributed by atoms with Crippen LogP contribution in [-0.2, 0) is 25.5 Å². The number of aliphatic hydroxyl groups excluding tert-OH is 1. The number of carbonyl (C=O) groups excluding carboxylic acids is 3. The average molecular weight is 472 g/mol. The summed E-state index contributed by atoms with van der Waals surface area (Å²) in [5.41, 5.74) is -0.0624. The van der Waals surface area contributed by atoms with E-state index in [2.05, 4.69) is 17.6 Å². The number of ether oxygens (including phenoxy) is 1. The maximum Gasteiger partial charge on any atom is 0.245 e. The van der Waals surface area contributed by atoms with Crippen LogP contribution >= 0.6 is 0 Å². The number of hydrogen-bond donors (Lipinski definition) is 3. The lowest BCUT2D eigenvalue weighted by molar-refractivity contribution is -0.145. The predicted octanol–water partition coefficient (Wildman–Crippen LogP) is 1.41. The van der Waals surface area contributed by atoms with Gasteiger partial charge in [-0.15, -0.1) is 0 Å². The predicted molar refractivity (Wildman–Crippen MR) is 127 cm³/mol. The van der Waals surface area contributed by atoms with Crippen LogP contribution in [0.1, 0.15) is 51.5 Å². The summed E-state index contributed by atoms with van der Waals surface area (Å²) in [5, 5.41) is 16.3. The van der Waals surface area contributed by atoms with Gasteiger partial charge in [0.05, 0.1) is 30.6 Å². The Morgan fingerprint density at radius 2 is 1.88 bits per heavy atom. The summed E-state index contributed by atoms with van der Waals surface area (Å²) in [6.45, 7) is 4.80. The first-order chi connectivity index (χ1) is 16.5. The molecule has 3 aliphatic heterocycles. The molecular formula is C26H37N3O5. The van der Waals surface area contributed by atoms with Gasteiger partial charge in [-0.2, -0.15) is 0 Å². The fourth-order valence-electron chi connectivity index (χ4n) is 6.07. The number of carbonyl (C=O) groups is 3. The largest absolute Gasteiger partial charge is 0.394 e. The highest BCUT2D eigenvalue weighted by Gasteiger charge is 2.75. The van der Waals surface area contributed by atoms with Gasteiger partial charge < -0.3 is 25.4 Å². The van der Waals surface area contributed by atoms with Crippen LogP contribution in [0.4, 0.5) is 0 Å². The van der Waals surface area contributed by atoms with Crippen molar-refractivity contribution in [1.29, 1.82) is 0 Å². The first-order valence-electron chi connectivity index (χ1n) is 12.7. The fraction of sp³-hybridized carbons (Fsp3) is 0.654. The first-order valence-corrected chi connectivity index (χ1v) is 12.7. The summed E-state index contributed by atoms with van der Waals surface area (Å²) in [4.78, 5) is 42.2. The summed E-state index contributed by atoms with van der Waals surface area (Å²) in [6.07, 6.45) is 3.82. The zero-order valence-electron chi connectivity index (χ0n) is 20.2. The molecule has 0 radical (unpaired) electrons. The highest BCUT2D eigenvalue weighted by molar-refractivity contribution is 5.99. The highest BCUT2D eigenvalue weighted by atomic mass is 16.5. The van der Waals surface area contributed by atoms with Crippen LogP contribution in [0.5, 0.6) is 0 Å². The quantitative estimate of drug-likeness (QED) is 0.423. The summed E-state index contributed by atoms with van der Waals surface area (Å²) in [7, 11) is 0. The Balaban J connectivity index is 1.68. The van der Waals surface area contributed by atoms with Gasteiger partial charge >= 0.3 is 0 Å². The molecule has 3 amide bonds. The number of amides is 3. The Hall–Kier alpha value is -2.45. The lowest BCUT2D eigenvalue weighted by Gasteiger charge is -2.36. The number of aliphatic hydroxyl groups is 1. The van der Waals surface area contributed by atoms with Crippen LogP contribution in [0.2, 0.25) is 0 Å². The van der Waals surface area contributed by atoms with Crippen molar-refractivity contribution in [3.63, 3.8) is 0 Å². The maximum absolute atomic E-state index is 14.0. The van der Waals surface area contributed by atoms with Gasteiger partial charge in [0.2, 0.25) is 17.7 Å². The normalized spacial score (nSPS) is 30.3. The molecule has 8 nitrogen and oxygen atoms in total. The van der Waals surface area contributed by atoms with E-state index in [1.54, 1.807) is 4.90 Å². The standard InChI is InChI=1S/C26H37N3O5/c1-3-5-14-28-24(32)22-26-12-11-19(34-26)20(23(31)27-13-4-2)21(26)25(33)29(22)18(16-30)15-17-9-7-6-8-10-17/h6-10,18-22,30H,3-5,11-16H2,1-2H3,(H,27,31)(H,28,32)/t18-,19-,20+,21+,22?,26?/m1/s1. The van der Waals surface area contributed by atoms with Crippen LogP contribution in [0.15, 0.2) is 30.3 Å². The molecule has 4 rings (SSSR count). The number of likely N-dealkylation sites (tertiary alicyclic amines) is 1. The zero-order chi connectivity index (χ0) is 24.3. The molecular weight excluding hydrogens is 434 g/mol. The van der Waals surface area contributed by atoms with Crippen LogP contribution in [0, 0.1) is 11.8 Å². The Morgan fingerprint density at radius 1 is 1.15 bits per heavy atom. The smallest absolute Gasteiger partial charge is 0.245 e. The van der Waals surface area contributed by atoms with E-state index in [-0.39, 0.29) is 30.4 Å². The van der Waals surface area contributed by atoms with Crippen LogP contribution in [0.3, 0.4) is 0 Å². The SMILES string of the molecule is CCCCNC(=O)C1N([C@@H](CO)Cc2ccccc2)C(=O)[C@@H]2[C@@H](C(=O)NCCC)[C@H]3CCC12O3. The number of unbranched alkanes of at least 4 members (excludes halogenated alkanes) is 1. The molecule has 1 aromatic carbocycles. The highest BCUT2D eigenvalue weighted by Crippen LogP contribution is 2.58. The third kappa shape index (κ3) is 4.22. The molecule has 0 saturated carbocycles. The molecule has 2 bridgehead atoms. The molecule has 1 spiro atoms. The van der Waals surface area contributed by atoms with Crippen LogP contribution in [0.25, 0.3) is 0 Å². The monoisotopic (exact) mass is 471 g/mol. The van der Waals surface area contributed by atoms with Crippen LogP contribution < -0.4 is 10.6 Å². The second-order valence-corrected chi connectivity index (χ2v) is 9.76. The minimum atomic E-state index is -1.03. The summed E-state index contributed by atoms with van der Waals surface area (Å²) >= 11 is 0.